The average molecular weight is 593 g/mol. The number of carbonyl (C=O) groups excluding carboxylic acids is 1. The minimum atomic E-state index is -2.72. The molecule has 0 saturated heterocycles. The molecule has 8 nitrogen and oxygen atoms in total. The molecule has 0 radical (unpaired) electrons. The van der Waals surface area contributed by atoms with Gasteiger partial charge in [0.15, 0.2) is 0 Å². The van der Waals surface area contributed by atoms with Gasteiger partial charge in [0.25, 0.3) is 12.3 Å². The summed E-state index contributed by atoms with van der Waals surface area (Å²) in [6.07, 6.45) is -1.37. The summed E-state index contributed by atoms with van der Waals surface area (Å²) in [5.41, 5.74) is 4.86. The number of halogens is 5. The Morgan fingerprint density at radius 1 is 1.13 bits per heavy atom. The first-order chi connectivity index (χ1) is 18.8. The Balaban J connectivity index is 1.40. The third-order valence-electron chi connectivity index (χ3n) is 5.52. The Bertz CT molecular complexity index is 1650. The van der Waals surface area contributed by atoms with E-state index in [1.807, 2.05) is 0 Å². The Morgan fingerprint density at radius 3 is 2.69 bits per heavy atom. The van der Waals surface area contributed by atoms with Crippen molar-refractivity contribution in [3.8, 4) is 16.9 Å². The number of ether oxygens (including phenoxy) is 1. The molecule has 39 heavy (non-hydrogen) atoms. The van der Waals surface area contributed by atoms with Crippen LogP contribution in [0, 0.1) is 5.82 Å². The molecule has 0 atom stereocenters. The minimum absolute atomic E-state index is 0.0124. The molecule has 0 aliphatic heterocycles. The van der Waals surface area contributed by atoms with Crippen molar-refractivity contribution in [1.29, 1.82) is 0 Å². The van der Waals surface area contributed by atoms with Gasteiger partial charge in [0.2, 0.25) is 5.95 Å². The zero-order valence-electron chi connectivity index (χ0n) is 19.7. The summed E-state index contributed by atoms with van der Waals surface area (Å²) in [6.45, 7) is -0.867. The summed E-state index contributed by atoms with van der Waals surface area (Å²) in [7, 11) is 0. The SMILES string of the molecule is O=C(Nn1c(NCc2ccc(-c3cc(Cl)cc(Cl)c3OCC(F)F)cc2F)nc2ccccc21)c1cnns1. The second-order valence-corrected chi connectivity index (χ2v) is 9.74. The quantitative estimate of drug-likeness (QED) is 0.199. The van der Waals surface area contributed by atoms with Gasteiger partial charge in [0.05, 0.1) is 22.3 Å². The van der Waals surface area contributed by atoms with Crippen molar-refractivity contribution in [3.05, 3.63) is 87.1 Å². The van der Waals surface area contributed by atoms with Crippen molar-refractivity contribution >= 4 is 57.6 Å². The highest BCUT2D eigenvalue weighted by molar-refractivity contribution is 7.07. The molecule has 2 aromatic heterocycles. The van der Waals surface area contributed by atoms with Crippen LogP contribution < -0.4 is 15.5 Å². The summed E-state index contributed by atoms with van der Waals surface area (Å²) in [6, 6.07) is 14.3. The van der Waals surface area contributed by atoms with Crippen molar-refractivity contribution < 1.29 is 22.7 Å². The van der Waals surface area contributed by atoms with E-state index in [1.54, 1.807) is 30.3 Å². The predicted octanol–water partition coefficient (Wildman–Crippen LogP) is 6.64. The molecule has 0 aliphatic carbocycles. The van der Waals surface area contributed by atoms with Gasteiger partial charge in [-0.1, -0.05) is 52.0 Å². The molecule has 5 rings (SSSR count). The molecule has 0 aliphatic rings. The molecule has 1 amide bonds. The zero-order valence-corrected chi connectivity index (χ0v) is 22.0. The number of aromatic nitrogens is 4. The number of imidazole rings is 1. The van der Waals surface area contributed by atoms with Gasteiger partial charge < -0.3 is 10.1 Å². The van der Waals surface area contributed by atoms with Crippen LogP contribution in [0.15, 0.2) is 60.8 Å². The number of anilines is 1. The third kappa shape index (κ3) is 5.92. The van der Waals surface area contributed by atoms with Crippen LogP contribution >= 0.6 is 34.7 Å². The molecular weight excluding hydrogens is 576 g/mol. The molecule has 2 heterocycles. The first-order valence-electron chi connectivity index (χ1n) is 11.3. The van der Waals surface area contributed by atoms with Gasteiger partial charge in [-0.15, -0.1) is 5.10 Å². The lowest BCUT2D eigenvalue weighted by molar-refractivity contribution is 0.0822. The minimum Gasteiger partial charge on any atom is -0.485 e. The number of alkyl halides is 2. The lowest BCUT2D eigenvalue weighted by Crippen LogP contribution is -2.24. The largest absolute Gasteiger partial charge is 0.485 e. The number of amides is 1. The Morgan fingerprint density at radius 2 is 1.95 bits per heavy atom. The zero-order chi connectivity index (χ0) is 27.5. The van der Waals surface area contributed by atoms with Crippen LogP contribution in [-0.2, 0) is 6.54 Å². The molecule has 0 bridgehead atoms. The fourth-order valence-corrected chi connectivity index (χ4v) is 4.73. The smallest absolute Gasteiger partial charge is 0.283 e. The van der Waals surface area contributed by atoms with Gasteiger partial charge in [0, 0.05) is 22.7 Å². The highest BCUT2D eigenvalue weighted by atomic mass is 35.5. The van der Waals surface area contributed by atoms with E-state index < -0.39 is 24.8 Å². The normalized spacial score (nSPS) is 11.2. The summed E-state index contributed by atoms with van der Waals surface area (Å²) < 4.78 is 51.1. The number of hydrogen-bond acceptors (Lipinski definition) is 7. The van der Waals surface area contributed by atoms with Gasteiger partial charge in [-0.25, -0.2) is 22.8 Å². The van der Waals surface area contributed by atoms with Crippen LogP contribution in [-0.4, -0.2) is 38.2 Å². The summed E-state index contributed by atoms with van der Waals surface area (Å²) in [5.74, 6) is -0.767. The number of rotatable bonds is 9. The number of nitrogens with one attached hydrogen (secondary N) is 2. The van der Waals surface area contributed by atoms with Gasteiger partial charge in [-0.05, 0) is 47.4 Å². The standard InChI is InChI=1S/C25H17Cl2F3N6O2S/c26-15-8-16(23(17(27)9-15)38-12-22(29)30)13-5-6-14(18(28)7-13)10-31-25-33-19-3-1-2-4-20(19)36(25)34-24(37)21-11-32-35-39-21/h1-9,11,22H,10,12H2,(H,31,33)(H,34,37). The number of nitrogens with zero attached hydrogens (tertiary/aromatic N) is 4. The predicted molar refractivity (Wildman–Crippen MR) is 144 cm³/mol. The van der Waals surface area contributed by atoms with Crippen LogP contribution in [0.4, 0.5) is 19.1 Å². The van der Waals surface area contributed by atoms with E-state index in [4.69, 9.17) is 27.9 Å². The van der Waals surface area contributed by atoms with E-state index in [1.165, 1.54) is 35.1 Å². The number of benzene rings is 3. The fraction of sp³-hybridized carbons (Fsp3) is 0.120. The number of hydrogen-bond donors (Lipinski definition) is 2. The number of carbonyl (C=O) groups is 1. The summed E-state index contributed by atoms with van der Waals surface area (Å²) in [5, 5.41) is 6.99. The van der Waals surface area contributed by atoms with E-state index in [-0.39, 0.29) is 39.4 Å². The molecular formula is C25H17Cl2F3N6O2S. The summed E-state index contributed by atoms with van der Waals surface area (Å²) >= 11 is 13.2. The van der Waals surface area contributed by atoms with Crippen molar-refractivity contribution in [2.45, 2.75) is 13.0 Å². The molecule has 200 valence electrons. The van der Waals surface area contributed by atoms with Crippen molar-refractivity contribution in [2.75, 3.05) is 17.3 Å². The summed E-state index contributed by atoms with van der Waals surface area (Å²) in [4.78, 5) is 17.4. The Labute approximate surface area is 233 Å². The third-order valence-corrected chi connectivity index (χ3v) is 6.68. The van der Waals surface area contributed by atoms with Crippen molar-refractivity contribution in [1.82, 2.24) is 19.2 Å². The van der Waals surface area contributed by atoms with E-state index in [9.17, 15) is 13.6 Å². The Kier molecular flexibility index (Phi) is 7.87. The van der Waals surface area contributed by atoms with Gasteiger partial charge in [0.1, 0.15) is 23.1 Å². The van der Waals surface area contributed by atoms with Crippen LogP contribution in [0.3, 0.4) is 0 Å². The second kappa shape index (κ2) is 11.5. The number of para-hydroxylation sites is 2. The molecule has 0 unspecified atom stereocenters. The van der Waals surface area contributed by atoms with Crippen LogP contribution in [0.5, 0.6) is 5.75 Å². The lowest BCUT2D eigenvalue weighted by Gasteiger charge is -2.15. The van der Waals surface area contributed by atoms with E-state index in [0.29, 0.717) is 21.5 Å². The Hall–Kier alpha value is -3.87. The lowest BCUT2D eigenvalue weighted by atomic mass is 10.0. The molecule has 3 aromatic carbocycles. The maximum absolute atomic E-state index is 15.2. The molecule has 2 N–H and O–H groups in total. The van der Waals surface area contributed by atoms with Crippen LogP contribution in [0.2, 0.25) is 10.0 Å². The topological polar surface area (TPSA) is 94.0 Å². The molecule has 0 spiro atoms. The van der Waals surface area contributed by atoms with Gasteiger partial charge >= 0.3 is 0 Å². The molecule has 14 heteroatoms. The van der Waals surface area contributed by atoms with Crippen LogP contribution in [0.25, 0.3) is 22.2 Å². The first-order valence-corrected chi connectivity index (χ1v) is 12.8. The number of fused-ring (bicyclic) bond motifs is 1. The first kappa shape index (κ1) is 26.7. The van der Waals surface area contributed by atoms with Crippen molar-refractivity contribution in [2.24, 2.45) is 0 Å². The van der Waals surface area contributed by atoms with Crippen LogP contribution in [0.1, 0.15) is 15.2 Å². The van der Waals surface area contributed by atoms with Crippen molar-refractivity contribution in [3.63, 3.8) is 0 Å². The van der Waals surface area contributed by atoms with Gasteiger partial charge in [-0.3, -0.25) is 10.2 Å². The maximum atomic E-state index is 15.2. The molecule has 0 saturated carbocycles. The molecule has 5 aromatic rings. The monoisotopic (exact) mass is 592 g/mol. The van der Waals surface area contributed by atoms with E-state index in [0.717, 1.165) is 11.5 Å². The van der Waals surface area contributed by atoms with E-state index >= 15 is 4.39 Å². The average Bonchev–Trinajstić information content (AvgIpc) is 3.56. The second-order valence-electron chi connectivity index (χ2n) is 8.11. The maximum Gasteiger partial charge on any atom is 0.283 e. The highest BCUT2D eigenvalue weighted by Crippen LogP contribution is 2.39. The van der Waals surface area contributed by atoms with Gasteiger partial charge in [-0.2, -0.15) is 0 Å². The highest BCUT2D eigenvalue weighted by Gasteiger charge is 2.18. The fourth-order valence-electron chi connectivity index (χ4n) is 3.78. The van der Waals surface area contributed by atoms with E-state index in [2.05, 4.69) is 25.3 Å². The molecule has 0 fully saturated rings.